The van der Waals surface area contributed by atoms with Crippen LogP contribution in [-0.2, 0) is 4.79 Å². The summed E-state index contributed by atoms with van der Waals surface area (Å²) >= 11 is 11.4. The highest BCUT2D eigenvalue weighted by atomic mass is 35.5. The van der Waals surface area contributed by atoms with Gasteiger partial charge in [0.2, 0.25) is 5.91 Å². The van der Waals surface area contributed by atoms with Gasteiger partial charge in [-0.3, -0.25) is 4.79 Å². The number of halogens is 2. The SMILES string of the molecule is CC1CC1C(=O)NC(C)(CCl)CCl. The van der Waals surface area contributed by atoms with Gasteiger partial charge in [0.15, 0.2) is 0 Å². The van der Waals surface area contributed by atoms with Crippen LogP contribution in [0.3, 0.4) is 0 Å². The van der Waals surface area contributed by atoms with Crippen LogP contribution in [0.15, 0.2) is 0 Å². The molecule has 0 radical (unpaired) electrons. The molecule has 0 spiro atoms. The van der Waals surface area contributed by atoms with Crippen molar-refractivity contribution in [3.8, 4) is 0 Å². The zero-order chi connectivity index (χ0) is 10.1. The quantitative estimate of drug-likeness (QED) is 0.727. The molecule has 0 saturated heterocycles. The van der Waals surface area contributed by atoms with Crippen LogP contribution in [-0.4, -0.2) is 23.2 Å². The van der Waals surface area contributed by atoms with E-state index in [9.17, 15) is 4.79 Å². The lowest BCUT2D eigenvalue weighted by molar-refractivity contribution is -0.123. The number of carbonyl (C=O) groups is 1. The molecule has 0 bridgehead atoms. The summed E-state index contributed by atoms with van der Waals surface area (Å²) in [5.74, 6) is 1.50. The lowest BCUT2D eigenvalue weighted by Crippen LogP contribution is -2.49. The standard InChI is InChI=1S/C9H15Cl2NO/c1-6-3-7(6)8(13)12-9(2,4-10)5-11/h6-7H,3-5H2,1-2H3,(H,12,13). The van der Waals surface area contributed by atoms with Crippen LogP contribution >= 0.6 is 23.2 Å². The minimum Gasteiger partial charge on any atom is -0.348 e. The Bertz CT molecular complexity index is 204. The highest BCUT2D eigenvalue weighted by Gasteiger charge is 2.41. The monoisotopic (exact) mass is 223 g/mol. The third-order valence-electron chi connectivity index (χ3n) is 2.46. The van der Waals surface area contributed by atoms with Crippen LogP contribution in [0.5, 0.6) is 0 Å². The molecule has 0 heterocycles. The zero-order valence-electron chi connectivity index (χ0n) is 7.94. The molecule has 76 valence electrons. The molecule has 1 saturated carbocycles. The van der Waals surface area contributed by atoms with E-state index in [0.717, 1.165) is 6.42 Å². The van der Waals surface area contributed by atoms with Gasteiger partial charge in [0, 0.05) is 17.7 Å². The summed E-state index contributed by atoms with van der Waals surface area (Å²) in [6, 6.07) is 0. The second-order valence-corrected chi connectivity index (χ2v) is 4.67. The summed E-state index contributed by atoms with van der Waals surface area (Å²) in [5.41, 5.74) is -0.456. The molecule has 1 aliphatic rings. The number of hydrogen-bond donors (Lipinski definition) is 1. The van der Waals surface area contributed by atoms with Crippen molar-refractivity contribution in [2.75, 3.05) is 11.8 Å². The van der Waals surface area contributed by atoms with Crippen LogP contribution in [0, 0.1) is 11.8 Å². The maximum absolute atomic E-state index is 11.5. The predicted octanol–water partition coefficient (Wildman–Crippen LogP) is 1.99. The van der Waals surface area contributed by atoms with Gasteiger partial charge >= 0.3 is 0 Å². The van der Waals surface area contributed by atoms with E-state index >= 15 is 0 Å². The summed E-state index contributed by atoms with van der Waals surface area (Å²) < 4.78 is 0. The van der Waals surface area contributed by atoms with Gasteiger partial charge in [0.05, 0.1) is 5.54 Å². The first-order valence-corrected chi connectivity index (χ1v) is 5.53. The Kier molecular flexibility index (Phi) is 3.47. The minimum absolute atomic E-state index is 0.0938. The topological polar surface area (TPSA) is 29.1 Å². The molecule has 13 heavy (non-hydrogen) atoms. The number of rotatable bonds is 4. The fourth-order valence-corrected chi connectivity index (χ4v) is 1.60. The number of nitrogens with one attached hydrogen (secondary N) is 1. The van der Waals surface area contributed by atoms with E-state index in [4.69, 9.17) is 23.2 Å². The maximum Gasteiger partial charge on any atom is 0.223 e. The Hall–Kier alpha value is 0.0500. The molecule has 0 aromatic carbocycles. The normalized spacial score (nSPS) is 27.1. The number of carbonyl (C=O) groups excluding carboxylic acids is 1. The van der Waals surface area contributed by atoms with Gasteiger partial charge in [0.25, 0.3) is 0 Å². The highest BCUT2D eigenvalue weighted by Crippen LogP contribution is 2.38. The zero-order valence-corrected chi connectivity index (χ0v) is 9.45. The van der Waals surface area contributed by atoms with Crippen molar-refractivity contribution in [2.24, 2.45) is 11.8 Å². The smallest absolute Gasteiger partial charge is 0.223 e. The molecule has 1 amide bonds. The van der Waals surface area contributed by atoms with Gasteiger partial charge < -0.3 is 5.32 Å². The second-order valence-electron chi connectivity index (χ2n) is 4.14. The van der Waals surface area contributed by atoms with Crippen molar-refractivity contribution in [3.05, 3.63) is 0 Å². The van der Waals surface area contributed by atoms with E-state index < -0.39 is 5.54 Å². The van der Waals surface area contributed by atoms with Gasteiger partial charge in [-0.2, -0.15) is 0 Å². The lowest BCUT2D eigenvalue weighted by atomic mass is 10.1. The van der Waals surface area contributed by atoms with E-state index in [-0.39, 0.29) is 11.8 Å². The Labute approximate surface area is 89.0 Å². The predicted molar refractivity (Wildman–Crippen MR) is 55.3 cm³/mol. The Morgan fingerprint density at radius 1 is 1.54 bits per heavy atom. The first-order valence-electron chi connectivity index (χ1n) is 4.46. The van der Waals surface area contributed by atoms with Crippen LogP contribution in [0.2, 0.25) is 0 Å². The third-order valence-corrected chi connectivity index (χ3v) is 3.64. The van der Waals surface area contributed by atoms with Crippen LogP contribution < -0.4 is 5.32 Å². The summed E-state index contributed by atoms with van der Waals surface area (Å²) in [5, 5.41) is 2.88. The van der Waals surface area contributed by atoms with Gasteiger partial charge in [-0.1, -0.05) is 6.92 Å². The lowest BCUT2D eigenvalue weighted by Gasteiger charge is -2.25. The molecule has 1 N–H and O–H groups in total. The van der Waals surface area contributed by atoms with Crippen molar-refractivity contribution in [2.45, 2.75) is 25.8 Å². The molecule has 2 nitrogen and oxygen atoms in total. The summed E-state index contributed by atoms with van der Waals surface area (Å²) in [4.78, 5) is 11.5. The summed E-state index contributed by atoms with van der Waals surface area (Å²) in [6.45, 7) is 3.93. The van der Waals surface area contributed by atoms with Crippen molar-refractivity contribution < 1.29 is 4.79 Å². The van der Waals surface area contributed by atoms with Crippen LogP contribution in [0.4, 0.5) is 0 Å². The molecule has 0 aromatic heterocycles. The maximum atomic E-state index is 11.5. The Balaban J connectivity index is 2.42. The molecule has 0 aliphatic heterocycles. The highest BCUT2D eigenvalue weighted by molar-refractivity contribution is 6.22. The number of alkyl halides is 2. The molecule has 4 heteroatoms. The van der Waals surface area contributed by atoms with Crippen molar-refractivity contribution in [1.29, 1.82) is 0 Å². The van der Waals surface area contributed by atoms with E-state index in [1.54, 1.807) is 0 Å². The Morgan fingerprint density at radius 3 is 2.31 bits per heavy atom. The van der Waals surface area contributed by atoms with E-state index in [1.165, 1.54) is 0 Å². The van der Waals surface area contributed by atoms with E-state index in [0.29, 0.717) is 17.7 Å². The first kappa shape index (κ1) is 11.1. The molecule has 1 rings (SSSR count). The van der Waals surface area contributed by atoms with Crippen LogP contribution in [0.1, 0.15) is 20.3 Å². The fourth-order valence-electron chi connectivity index (χ4n) is 1.18. The van der Waals surface area contributed by atoms with Gasteiger partial charge in [-0.05, 0) is 19.3 Å². The minimum atomic E-state index is -0.456. The second kappa shape index (κ2) is 4.05. The van der Waals surface area contributed by atoms with Gasteiger partial charge in [-0.15, -0.1) is 23.2 Å². The molecule has 2 atom stereocenters. The molecular weight excluding hydrogens is 209 g/mol. The molecule has 1 fully saturated rings. The largest absolute Gasteiger partial charge is 0.348 e. The molecule has 2 unspecified atom stereocenters. The van der Waals surface area contributed by atoms with E-state index in [2.05, 4.69) is 12.2 Å². The average molecular weight is 224 g/mol. The van der Waals surface area contributed by atoms with Gasteiger partial charge in [-0.25, -0.2) is 0 Å². The molecular formula is C9H15Cl2NO. The van der Waals surface area contributed by atoms with Crippen molar-refractivity contribution >= 4 is 29.1 Å². The van der Waals surface area contributed by atoms with Crippen molar-refractivity contribution in [1.82, 2.24) is 5.32 Å². The number of amides is 1. The third kappa shape index (κ3) is 2.75. The van der Waals surface area contributed by atoms with Crippen LogP contribution in [0.25, 0.3) is 0 Å². The fraction of sp³-hybridized carbons (Fsp3) is 0.889. The molecule has 0 aromatic rings. The van der Waals surface area contributed by atoms with E-state index in [1.807, 2.05) is 6.92 Å². The number of hydrogen-bond acceptors (Lipinski definition) is 1. The average Bonchev–Trinajstić information content (AvgIpc) is 2.82. The summed E-state index contributed by atoms with van der Waals surface area (Å²) in [7, 11) is 0. The molecule has 1 aliphatic carbocycles. The first-order chi connectivity index (χ1) is 6.02. The van der Waals surface area contributed by atoms with Crippen molar-refractivity contribution in [3.63, 3.8) is 0 Å². The Morgan fingerprint density at radius 2 is 2.00 bits per heavy atom. The summed E-state index contributed by atoms with van der Waals surface area (Å²) in [6.07, 6.45) is 0.993. The van der Waals surface area contributed by atoms with Gasteiger partial charge in [0.1, 0.15) is 0 Å².